The lowest BCUT2D eigenvalue weighted by atomic mass is 10.2. The molecule has 0 aliphatic rings. The van der Waals surface area contributed by atoms with Crippen LogP contribution in [0.15, 0.2) is 50.4 Å². The van der Waals surface area contributed by atoms with Crippen LogP contribution >= 0.6 is 31.9 Å². The molecule has 25 heavy (non-hydrogen) atoms. The lowest BCUT2D eigenvalue weighted by Crippen LogP contribution is -2.25. The summed E-state index contributed by atoms with van der Waals surface area (Å²) in [7, 11) is 3.98. The normalized spacial score (nSPS) is 10.8. The first kappa shape index (κ1) is 19.5. The van der Waals surface area contributed by atoms with Crippen LogP contribution in [0.25, 0.3) is 0 Å². The number of nitrogens with one attached hydrogen (secondary N) is 2. The number of carbonyl (C=O) groups excluding carboxylic acids is 1. The molecule has 5 nitrogen and oxygen atoms in total. The molecule has 0 spiro atoms. The van der Waals surface area contributed by atoms with Crippen LogP contribution in [0.4, 0.5) is 11.4 Å². The number of nitrogens with zero attached hydrogens (tertiary/aromatic N) is 2. The third-order valence-electron chi connectivity index (χ3n) is 3.55. The van der Waals surface area contributed by atoms with Gasteiger partial charge in [0.05, 0.1) is 12.8 Å². The lowest BCUT2D eigenvalue weighted by Gasteiger charge is -2.11. The largest absolute Gasteiger partial charge is 0.378 e. The van der Waals surface area contributed by atoms with Gasteiger partial charge in [0.25, 0.3) is 5.91 Å². The van der Waals surface area contributed by atoms with Crippen LogP contribution in [-0.4, -0.2) is 32.8 Å². The predicted octanol–water partition coefficient (Wildman–Crippen LogP) is 4.15. The summed E-state index contributed by atoms with van der Waals surface area (Å²) in [6.07, 6.45) is 1.62. The Labute approximate surface area is 164 Å². The van der Waals surface area contributed by atoms with Crippen LogP contribution < -0.4 is 15.6 Å². The first-order chi connectivity index (χ1) is 11.9. The Balaban J connectivity index is 1.84. The van der Waals surface area contributed by atoms with E-state index in [1.807, 2.05) is 62.3 Å². The maximum absolute atomic E-state index is 11.9. The number of amides is 1. The fourth-order valence-electron chi connectivity index (χ4n) is 2.01. The third-order valence-corrected chi connectivity index (χ3v) is 5.19. The van der Waals surface area contributed by atoms with Crippen molar-refractivity contribution in [1.82, 2.24) is 5.43 Å². The van der Waals surface area contributed by atoms with Gasteiger partial charge >= 0.3 is 0 Å². The molecule has 0 heterocycles. The third kappa shape index (κ3) is 5.86. The van der Waals surface area contributed by atoms with E-state index in [-0.39, 0.29) is 12.5 Å². The smallest absolute Gasteiger partial charge is 0.259 e. The monoisotopic (exact) mass is 466 g/mol. The molecule has 0 aliphatic carbocycles. The van der Waals surface area contributed by atoms with Gasteiger partial charge < -0.3 is 10.2 Å². The van der Waals surface area contributed by atoms with Crippen molar-refractivity contribution in [3.63, 3.8) is 0 Å². The van der Waals surface area contributed by atoms with Crippen LogP contribution in [0.3, 0.4) is 0 Å². The molecule has 0 aliphatic heterocycles. The van der Waals surface area contributed by atoms with E-state index in [1.165, 1.54) is 0 Å². The van der Waals surface area contributed by atoms with Crippen molar-refractivity contribution >= 4 is 55.4 Å². The van der Waals surface area contributed by atoms with Crippen LogP contribution in [-0.2, 0) is 4.79 Å². The van der Waals surface area contributed by atoms with Gasteiger partial charge in [0.2, 0.25) is 0 Å². The Hall–Kier alpha value is -1.86. The van der Waals surface area contributed by atoms with Crippen molar-refractivity contribution in [3.8, 4) is 0 Å². The van der Waals surface area contributed by atoms with E-state index < -0.39 is 0 Å². The number of benzene rings is 2. The van der Waals surface area contributed by atoms with E-state index in [1.54, 1.807) is 6.21 Å². The highest BCUT2D eigenvalue weighted by Crippen LogP contribution is 2.28. The number of hydrogen-bond acceptors (Lipinski definition) is 4. The van der Waals surface area contributed by atoms with Crippen LogP contribution in [0, 0.1) is 6.92 Å². The number of hydrazone groups is 1. The second-order valence-electron chi connectivity index (χ2n) is 5.70. The molecular weight excluding hydrogens is 448 g/mol. The van der Waals surface area contributed by atoms with Crippen LogP contribution in [0.1, 0.15) is 11.1 Å². The quantitative estimate of drug-likeness (QED) is 0.495. The van der Waals surface area contributed by atoms with Crippen LogP contribution in [0.5, 0.6) is 0 Å². The number of halogens is 2. The van der Waals surface area contributed by atoms with E-state index in [2.05, 4.69) is 47.7 Å². The summed E-state index contributed by atoms with van der Waals surface area (Å²) in [6.45, 7) is 2.14. The molecule has 0 saturated carbocycles. The molecule has 0 aromatic heterocycles. The summed E-state index contributed by atoms with van der Waals surface area (Å²) < 4.78 is 1.95. The zero-order valence-electron chi connectivity index (χ0n) is 14.3. The predicted molar refractivity (Wildman–Crippen MR) is 112 cm³/mol. The van der Waals surface area contributed by atoms with Gasteiger partial charge in [0.15, 0.2) is 0 Å². The summed E-state index contributed by atoms with van der Waals surface area (Å²) in [5.74, 6) is -0.214. The lowest BCUT2D eigenvalue weighted by molar-refractivity contribution is -0.119. The fraction of sp³-hybridized carbons (Fsp3) is 0.222. The number of rotatable bonds is 6. The Morgan fingerprint density at radius 1 is 1.16 bits per heavy atom. The summed E-state index contributed by atoms with van der Waals surface area (Å²) in [5, 5.41) is 7.05. The summed E-state index contributed by atoms with van der Waals surface area (Å²) in [6, 6.07) is 11.8. The Bertz CT molecular complexity index is 750. The minimum Gasteiger partial charge on any atom is -0.378 e. The van der Waals surface area contributed by atoms with Crippen molar-refractivity contribution in [2.45, 2.75) is 6.92 Å². The molecule has 0 radical (unpaired) electrons. The number of hydrogen-bond donors (Lipinski definition) is 2. The van der Waals surface area contributed by atoms with Gasteiger partial charge in [-0.05, 0) is 42.3 Å². The SMILES string of the molecule is Cc1c(Br)cc(NCC(=O)N/N=C/c2ccc(N(C)C)cc2)cc1Br. The van der Waals surface area contributed by atoms with Gasteiger partial charge in [-0.1, -0.05) is 44.0 Å². The molecule has 2 aromatic rings. The molecule has 7 heteroatoms. The van der Waals surface area contributed by atoms with Crippen molar-refractivity contribution in [2.75, 3.05) is 30.9 Å². The van der Waals surface area contributed by atoms with E-state index in [4.69, 9.17) is 0 Å². The summed E-state index contributed by atoms with van der Waals surface area (Å²) >= 11 is 6.98. The average Bonchev–Trinajstić information content (AvgIpc) is 2.58. The summed E-state index contributed by atoms with van der Waals surface area (Å²) in [5.41, 5.74) is 6.51. The van der Waals surface area contributed by atoms with Gasteiger partial charge in [0, 0.05) is 34.4 Å². The minimum absolute atomic E-state index is 0.138. The Morgan fingerprint density at radius 3 is 2.32 bits per heavy atom. The van der Waals surface area contributed by atoms with Crippen molar-refractivity contribution < 1.29 is 4.79 Å². The van der Waals surface area contributed by atoms with Gasteiger partial charge in [0.1, 0.15) is 0 Å². The molecule has 0 unspecified atom stereocenters. The maximum atomic E-state index is 11.9. The molecule has 0 bridgehead atoms. The molecule has 0 atom stereocenters. The summed E-state index contributed by atoms with van der Waals surface area (Å²) in [4.78, 5) is 13.9. The van der Waals surface area contributed by atoms with Gasteiger partial charge in [-0.25, -0.2) is 5.43 Å². The molecular formula is C18H20Br2N4O. The molecule has 2 aromatic carbocycles. The van der Waals surface area contributed by atoms with Crippen molar-refractivity contribution in [1.29, 1.82) is 0 Å². The highest BCUT2D eigenvalue weighted by atomic mass is 79.9. The standard InChI is InChI=1S/C18H20Br2N4O/c1-12-16(19)8-14(9-17(12)20)21-11-18(25)23-22-10-13-4-6-15(7-5-13)24(2)3/h4-10,21H,11H2,1-3H3,(H,23,25)/b22-10+. The van der Waals surface area contributed by atoms with E-state index in [0.717, 1.165) is 31.4 Å². The highest BCUT2D eigenvalue weighted by Gasteiger charge is 2.05. The Kier molecular flexibility index (Phi) is 7.01. The van der Waals surface area contributed by atoms with Gasteiger partial charge in [-0.15, -0.1) is 0 Å². The van der Waals surface area contributed by atoms with Crippen molar-refractivity contribution in [3.05, 3.63) is 56.5 Å². The first-order valence-corrected chi connectivity index (χ1v) is 9.24. The fourth-order valence-corrected chi connectivity index (χ4v) is 3.19. The molecule has 1 amide bonds. The second kappa shape index (κ2) is 9.01. The molecule has 2 rings (SSSR count). The zero-order valence-corrected chi connectivity index (χ0v) is 17.5. The van der Waals surface area contributed by atoms with Crippen molar-refractivity contribution in [2.24, 2.45) is 5.10 Å². The van der Waals surface area contributed by atoms with Gasteiger partial charge in [-0.2, -0.15) is 5.10 Å². The van der Waals surface area contributed by atoms with E-state index >= 15 is 0 Å². The van der Waals surface area contributed by atoms with Crippen LogP contribution in [0.2, 0.25) is 0 Å². The zero-order chi connectivity index (χ0) is 18.4. The minimum atomic E-state index is -0.214. The van der Waals surface area contributed by atoms with E-state index in [9.17, 15) is 4.79 Å². The first-order valence-electron chi connectivity index (χ1n) is 7.65. The maximum Gasteiger partial charge on any atom is 0.259 e. The van der Waals surface area contributed by atoms with E-state index in [0.29, 0.717) is 0 Å². The second-order valence-corrected chi connectivity index (χ2v) is 7.41. The molecule has 2 N–H and O–H groups in total. The number of anilines is 2. The molecule has 0 fully saturated rings. The highest BCUT2D eigenvalue weighted by molar-refractivity contribution is 9.11. The molecule has 0 saturated heterocycles. The number of carbonyl (C=O) groups is 1. The van der Waals surface area contributed by atoms with Gasteiger partial charge in [-0.3, -0.25) is 4.79 Å². The topological polar surface area (TPSA) is 56.7 Å². The Morgan fingerprint density at radius 2 is 1.76 bits per heavy atom. The molecule has 132 valence electrons. The average molecular weight is 468 g/mol.